The van der Waals surface area contributed by atoms with Crippen LogP contribution in [0, 0.1) is 11.8 Å². The van der Waals surface area contributed by atoms with Crippen molar-refractivity contribution >= 4 is 17.5 Å². The van der Waals surface area contributed by atoms with Crippen molar-refractivity contribution in [3.8, 4) is 5.75 Å². The molecule has 2 rings (SSSR count). The number of halogens is 1. The zero-order valence-electron chi connectivity index (χ0n) is 11.9. The van der Waals surface area contributed by atoms with Crippen LogP contribution in [-0.2, 0) is 0 Å². The molecule has 20 heavy (non-hydrogen) atoms. The summed E-state index contributed by atoms with van der Waals surface area (Å²) in [6.07, 6.45) is 6.16. The van der Waals surface area contributed by atoms with Gasteiger partial charge in [-0.3, -0.25) is 4.79 Å². The maximum Gasteiger partial charge on any atom is 0.252 e. The lowest BCUT2D eigenvalue weighted by atomic mass is 9.81. The fourth-order valence-corrected chi connectivity index (χ4v) is 2.99. The first-order valence-corrected chi connectivity index (χ1v) is 7.70. The summed E-state index contributed by atoms with van der Waals surface area (Å²) in [5, 5.41) is 12.7. The molecule has 1 aliphatic rings. The predicted molar refractivity (Wildman–Crippen MR) is 81.2 cm³/mol. The summed E-state index contributed by atoms with van der Waals surface area (Å²) >= 11 is 5.96. The van der Waals surface area contributed by atoms with Gasteiger partial charge >= 0.3 is 0 Å². The Hall–Kier alpha value is -1.22. The van der Waals surface area contributed by atoms with Crippen LogP contribution in [0.5, 0.6) is 5.75 Å². The van der Waals surface area contributed by atoms with E-state index in [4.69, 9.17) is 11.6 Å². The topological polar surface area (TPSA) is 49.3 Å². The largest absolute Gasteiger partial charge is 0.508 e. The van der Waals surface area contributed by atoms with Gasteiger partial charge in [0.15, 0.2) is 0 Å². The van der Waals surface area contributed by atoms with E-state index in [0.29, 0.717) is 17.1 Å². The molecule has 0 bridgehead atoms. The highest BCUT2D eigenvalue weighted by Crippen LogP contribution is 2.30. The van der Waals surface area contributed by atoms with Crippen molar-refractivity contribution in [3.63, 3.8) is 0 Å². The molecular formula is C16H22ClNO2. The third kappa shape index (κ3) is 4.14. The summed E-state index contributed by atoms with van der Waals surface area (Å²) in [7, 11) is 0. The minimum absolute atomic E-state index is 0.0563. The second-order valence-electron chi connectivity index (χ2n) is 5.83. The van der Waals surface area contributed by atoms with Crippen LogP contribution in [0.3, 0.4) is 0 Å². The van der Waals surface area contributed by atoms with Gasteiger partial charge in [0.25, 0.3) is 5.91 Å². The Morgan fingerprint density at radius 3 is 2.75 bits per heavy atom. The Balaban J connectivity index is 1.79. The molecule has 0 aliphatic heterocycles. The normalized spacial score (nSPS) is 22.5. The zero-order chi connectivity index (χ0) is 14.5. The Kier molecular flexibility index (Phi) is 5.30. The number of nitrogens with one attached hydrogen (secondary N) is 1. The predicted octanol–water partition coefficient (Wildman–Crippen LogP) is 3.99. The Labute approximate surface area is 125 Å². The molecule has 4 heteroatoms. The minimum Gasteiger partial charge on any atom is -0.508 e. The van der Waals surface area contributed by atoms with Crippen LogP contribution in [0.15, 0.2) is 18.2 Å². The Bertz CT molecular complexity index is 468. The van der Waals surface area contributed by atoms with E-state index in [0.717, 1.165) is 18.3 Å². The van der Waals surface area contributed by atoms with Crippen molar-refractivity contribution in [2.24, 2.45) is 11.8 Å². The van der Waals surface area contributed by atoms with Crippen molar-refractivity contribution < 1.29 is 9.90 Å². The molecular weight excluding hydrogens is 274 g/mol. The fraction of sp³-hybridized carbons (Fsp3) is 0.562. The van der Waals surface area contributed by atoms with Gasteiger partial charge in [0.1, 0.15) is 5.75 Å². The fourth-order valence-electron chi connectivity index (χ4n) is 2.79. The number of hydrogen-bond donors (Lipinski definition) is 2. The van der Waals surface area contributed by atoms with Gasteiger partial charge in [-0.25, -0.2) is 0 Å². The van der Waals surface area contributed by atoms with E-state index in [1.807, 2.05) is 0 Å². The van der Waals surface area contributed by atoms with Gasteiger partial charge in [-0.05, 0) is 36.5 Å². The summed E-state index contributed by atoms with van der Waals surface area (Å²) in [4.78, 5) is 12.0. The van der Waals surface area contributed by atoms with Gasteiger partial charge in [0.2, 0.25) is 0 Å². The summed E-state index contributed by atoms with van der Waals surface area (Å²) < 4.78 is 0. The summed E-state index contributed by atoms with van der Waals surface area (Å²) in [5.74, 6) is 1.42. The average Bonchev–Trinajstić information content (AvgIpc) is 2.43. The summed E-state index contributed by atoms with van der Waals surface area (Å²) in [6.45, 7) is 2.98. The molecule has 1 aromatic carbocycles. The van der Waals surface area contributed by atoms with Gasteiger partial charge in [-0.2, -0.15) is 0 Å². The molecule has 1 amide bonds. The molecule has 1 saturated carbocycles. The number of carbonyl (C=O) groups excluding carboxylic acids is 1. The Morgan fingerprint density at radius 2 is 2.05 bits per heavy atom. The first-order valence-electron chi connectivity index (χ1n) is 7.33. The average molecular weight is 296 g/mol. The Morgan fingerprint density at radius 1 is 1.35 bits per heavy atom. The molecule has 0 unspecified atom stereocenters. The second-order valence-corrected chi connectivity index (χ2v) is 6.24. The SMILES string of the molecule is CC1CCC(CCNC(=O)c2cc(O)ccc2Cl)CC1. The van der Waals surface area contributed by atoms with E-state index in [1.54, 1.807) is 0 Å². The molecule has 1 fully saturated rings. The number of benzene rings is 1. The van der Waals surface area contributed by atoms with Crippen LogP contribution in [0.2, 0.25) is 5.02 Å². The lowest BCUT2D eigenvalue weighted by Gasteiger charge is -2.26. The lowest BCUT2D eigenvalue weighted by Crippen LogP contribution is -2.27. The first kappa shape index (κ1) is 15.2. The first-order chi connectivity index (χ1) is 9.56. The van der Waals surface area contributed by atoms with Crippen molar-refractivity contribution in [1.82, 2.24) is 5.32 Å². The molecule has 0 radical (unpaired) electrons. The molecule has 1 aliphatic carbocycles. The third-order valence-electron chi connectivity index (χ3n) is 4.17. The van der Waals surface area contributed by atoms with Crippen molar-refractivity contribution in [2.45, 2.75) is 39.0 Å². The lowest BCUT2D eigenvalue weighted by molar-refractivity contribution is 0.0949. The molecule has 0 aromatic heterocycles. The summed E-state index contributed by atoms with van der Waals surface area (Å²) in [6, 6.07) is 4.41. The minimum atomic E-state index is -0.213. The maximum absolute atomic E-state index is 12.0. The number of phenolic OH excluding ortho intramolecular Hbond substituents is 1. The van der Waals surface area contributed by atoms with E-state index in [-0.39, 0.29) is 11.7 Å². The van der Waals surface area contributed by atoms with Crippen LogP contribution < -0.4 is 5.32 Å². The van der Waals surface area contributed by atoms with Crippen molar-refractivity contribution in [3.05, 3.63) is 28.8 Å². The van der Waals surface area contributed by atoms with Crippen molar-refractivity contribution in [1.29, 1.82) is 0 Å². The number of amides is 1. The molecule has 2 N–H and O–H groups in total. The van der Waals surface area contributed by atoms with E-state index in [2.05, 4.69) is 12.2 Å². The van der Waals surface area contributed by atoms with Gasteiger partial charge in [0, 0.05) is 6.54 Å². The van der Waals surface area contributed by atoms with E-state index < -0.39 is 0 Å². The number of carbonyl (C=O) groups is 1. The molecule has 0 saturated heterocycles. The number of phenols is 1. The monoisotopic (exact) mass is 295 g/mol. The van der Waals surface area contributed by atoms with Crippen LogP contribution in [0.25, 0.3) is 0 Å². The molecule has 0 heterocycles. The molecule has 0 spiro atoms. The van der Waals surface area contributed by atoms with Crippen LogP contribution >= 0.6 is 11.6 Å². The third-order valence-corrected chi connectivity index (χ3v) is 4.50. The van der Waals surface area contributed by atoms with Crippen LogP contribution in [0.1, 0.15) is 49.4 Å². The summed E-state index contributed by atoms with van der Waals surface area (Å²) in [5.41, 5.74) is 0.337. The molecule has 3 nitrogen and oxygen atoms in total. The molecule has 1 aromatic rings. The van der Waals surface area contributed by atoms with E-state index in [1.165, 1.54) is 43.9 Å². The smallest absolute Gasteiger partial charge is 0.252 e. The number of aromatic hydroxyl groups is 1. The highest BCUT2D eigenvalue weighted by Gasteiger charge is 2.18. The highest BCUT2D eigenvalue weighted by molar-refractivity contribution is 6.33. The van der Waals surface area contributed by atoms with E-state index >= 15 is 0 Å². The maximum atomic E-state index is 12.0. The molecule has 110 valence electrons. The van der Waals surface area contributed by atoms with Crippen molar-refractivity contribution in [2.75, 3.05) is 6.54 Å². The van der Waals surface area contributed by atoms with Crippen LogP contribution in [0.4, 0.5) is 0 Å². The van der Waals surface area contributed by atoms with Gasteiger partial charge in [-0.15, -0.1) is 0 Å². The standard InChI is InChI=1S/C16H22ClNO2/c1-11-2-4-12(5-3-11)8-9-18-16(20)14-10-13(19)6-7-15(14)17/h6-7,10-12,19H,2-5,8-9H2,1H3,(H,18,20). The quantitative estimate of drug-likeness (QED) is 0.882. The van der Waals surface area contributed by atoms with Gasteiger partial charge < -0.3 is 10.4 Å². The number of hydrogen-bond acceptors (Lipinski definition) is 2. The molecule has 0 atom stereocenters. The number of rotatable bonds is 4. The highest BCUT2D eigenvalue weighted by atomic mass is 35.5. The van der Waals surface area contributed by atoms with Gasteiger partial charge in [0.05, 0.1) is 10.6 Å². The van der Waals surface area contributed by atoms with Gasteiger partial charge in [-0.1, -0.05) is 44.2 Å². The second kappa shape index (κ2) is 6.98. The van der Waals surface area contributed by atoms with Crippen LogP contribution in [-0.4, -0.2) is 17.6 Å². The zero-order valence-corrected chi connectivity index (χ0v) is 12.6. The van der Waals surface area contributed by atoms with E-state index in [9.17, 15) is 9.90 Å².